The average molecular weight is 237 g/mol. The van der Waals surface area contributed by atoms with Gasteiger partial charge in [0.15, 0.2) is 0 Å². The lowest BCUT2D eigenvalue weighted by molar-refractivity contribution is -0.133. The number of amides is 1. The van der Waals surface area contributed by atoms with Gasteiger partial charge in [-0.05, 0) is 12.8 Å². The third-order valence-electron chi connectivity index (χ3n) is 3.46. The van der Waals surface area contributed by atoms with Gasteiger partial charge in [0.2, 0.25) is 5.91 Å². The van der Waals surface area contributed by atoms with E-state index in [1.165, 1.54) is 0 Å². The molecule has 1 amide bonds. The SMILES string of the molecule is CN(CCC#N)C(=O)CN1CC2CCC(C1)O2. The van der Waals surface area contributed by atoms with Crippen molar-refractivity contribution in [1.29, 1.82) is 5.26 Å². The van der Waals surface area contributed by atoms with Crippen LogP contribution in [0.2, 0.25) is 0 Å². The maximum atomic E-state index is 11.9. The summed E-state index contributed by atoms with van der Waals surface area (Å²) in [6.45, 7) is 2.72. The number of nitrogens with zero attached hydrogens (tertiary/aromatic N) is 3. The van der Waals surface area contributed by atoms with Crippen LogP contribution in [0.25, 0.3) is 0 Å². The number of morpholine rings is 1. The number of nitriles is 1. The van der Waals surface area contributed by atoms with E-state index in [2.05, 4.69) is 11.0 Å². The lowest BCUT2D eigenvalue weighted by Crippen LogP contribution is -2.47. The first-order valence-electron chi connectivity index (χ1n) is 6.17. The number of carbonyl (C=O) groups excluding carboxylic acids is 1. The van der Waals surface area contributed by atoms with Crippen LogP contribution in [0.1, 0.15) is 19.3 Å². The topological polar surface area (TPSA) is 56.6 Å². The fourth-order valence-corrected chi connectivity index (χ4v) is 2.48. The molecule has 0 aromatic carbocycles. The second-order valence-electron chi connectivity index (χ2n) is 4.87. The lowest BCUT2D eigenvalue weighted by atomic mass is 10.2. The maximum absolute atomic E-state index is 11.9. The van der Waals surface area contributed by atoms with Crippen LogP contribution in [0.3, 0.4) is 0 Å². The highest BCUT2D eigenvalue weighted by atomic mass is 16.5. The van der Waals surface area contributed by atoms with Crippen LogP contribution < -0.4 is 0 Å². The van der Waals surface area contributed by atoms with Crippen LogP contribution in [0.4, 0.5) is 0 Å². The Kier molecular flexibility index (Phi) is 3.97. The van der Waals surface area contributed by atoms with Crippen LogP contribution in [0.15, 0.2) is 0 Å². The summed E-state index contributed by atoms with van der Waals surface area (Å²) in [4.78, 5) is 15.7. The van der Waals surface area contributed by atoms with Gasteiger partial charge in [0, 0.05) is 26.7 Å². The quantitative estimate of drug-likeness (QED) is 0.702. The Morgan fingerprint density at radius 2 is 2.12 bits per heavy atom. The first-order valence-corrected chi connectivity index (χ1v) is 6.17. The molecule has 2 saturated heterocycles. The molecular weight excluding hydrogens is 218 g/mol. The van der Waals surface area contributed by atoms with E-state index in [9.17, 15) is 4.79 Å². The van der Waals surface area contributed by atoms with Gasteiger partial charge in [-0.3, -0.25) is 9.69 Å². The zero-order chi connectivity index (χ0) is 12.3. The molecule has 2 bridgehead atoms. The van der Waals surface area contributed by atoms with E-state index in [-0.39, 0.29) is 5.91 Å². The standard InChI is InChI=1S/C12H19N3O2/c1-14(6-2-5-13)12(16)9-15-7-10-3-4-11(8-15)17-10/h10-11H,2-4,6-9H2,1H3. The van der Waals surface area contributed by atoms with Gasteiger partial charge in [-0.15, -0.1) is 0 Å². The normalized spacial score (nSPS) is 27.8. The average Bonchev–Trinajstić information content (AvgIpc) is 2.65. The Labute approximate surface area is 102 Å². The molecule has 0 saturated carbocycles. The van der Waals surface area contributed by atoms with Crippen LogP contribution in [0, 0.1) is 11.3 Å². The molecule has 0 radical (unpaired) electrons. The molecule has 2 aliphatic rings. The predicted molar refractivity (Wildman–Crippen MR) is 62.2 cm³/mol. The molecule has 2 atom stereocenters. The van der Waals surface area contributed by atoms with Crippen molar-refractivity contribution in [1.82, 2.24) is 9.80 Å². The van der Waals surface area contributed by atoms with Crippen molar-refractivity contribution in [2.45, 2.75) is 31.5 Å². The Morgan fingerprint density at radius 1 is 1.47 bits per heavy atom. The zero-order valence-corrected chi connectivity index (χ0v) is 10.3. The maximum Gasteiger partial charge on any atom is 0.236 e. The molecule has 2 heterocycles. The number of likely N-dealkylation sites (tertiary alicyclic amines) is 1. The molecule has 0 aromatic rings. The van der Waals surface area contributed by atoms with E-state index in [4.69, 9.17) is 10.00 Å². The molecule has 0 spiro atoms. The monoisotopic (exact) mass is 237 g/mol. The van der Waals surface area contributed by atoms with Crippen molar-refractivity contribution >= 4 is 5.91 Å². The molecule has 2 aliphatic heterocycles. The highest BCUT2D eigenvalue weighted by Crippen LogP contribution is 2.25. The van der Waals surface area contributed by atoms with Crippen LogP contribution in [-0.2, 0) is 9.53 Å². The highest BCUT2D eigenvalue weighted by Gasteiger charge is 2.34. The van der Waals surface area contributed by atoms with Crippen molar-refractivity contribution in [3.63, 3.8) is 0 Å². The molecule has 2 rings (SSSR count). The van der Waals surface area contributed by atoms with Crippen molar-refractivity contribution in [3.05, 3.63) is 0 Å². The van der Waals surface area contributed by atoms with E-state index in [1.54, 1.807) is 11.9 Å². The summed E-state index contributed by atoms with van der Waals surface area (Å²) in [5.41, 5.74) is 0. The second kappa shape index (κ2) is 5.48. The van der Waals surface area contributed by atoms with Gasteiger partial charge in [-0.25, -0.2) is 0 Å². The molecule has 2 unspecified atom stereocenters. The molecule has 0 aromatic heterocycles. The van der Waals surface area contributed by atoms with Gasteiger partial charge in [0.1, 0.15) is 0 Å². The second-order valence-corrected chi connectivity index (χ2v) is 4.87. The van der Waals surface area contributed by atoms with Crippen molar-refractivity contribution < 1.29 is 9.53 Å². The van der Waals surface area contributed by atoms with Crippen molar-refractivity contribution in [2.24, 2.45) is 0 Å². The summed E-state index contributed by atoms with van der Waals surface area (Å²) >= 11 is 0. The Hall–Kier alpha value is -1.12. The molecule has 2 fully saturated rings. The van der Waals surface area contributed by atoms with E-state index < -0.39 is 0 Å². The Bertz CT molecular complexity index is 314. The molecule has 94 valence electrons. The van der Waals surface area contributed by atoms with Crippen molar-refractivity contribution in [2.75, 3.05) is 33.2 Å². The lowest BCUT2D eigenvalue weighted by Gasteiger charge is -2.32. The first-order chi connectivity index (χ1) is 8.19. The Morgan fingerprint density at radius 3 is 2.71 bits per heavy atom. The molecule has 17 heavy (non-hydrogen) atoms. The van der Waals surface area contributed by atoms with E-state index in [0.29, 0.717) is 31.7 Å². The van der Waals surface area contributed by atoms with Gasteiger partial charge >= 0.3 is 0 Å². The summed E-state index contributed by atoms with van der Waals surface area (Å²) in [7, 11) is 1.76. The van der Waals surface area contributed by atoms with Crippen LogP contribution in [-0.4, -0.2) is 61.1 Å². The molecule has 5 nitrogen and oxygen atoms in total. The highest BCUT2D eigenvalue weighted by molar-refractivity contribution is 5.78. The van der Waals surface area contributed by atoms with Gasteiger partial charge in [-0.2, -0.15) is 5.26 Å². The largest absolute Gasteiger partial charge is 0.372 e. The summed E-state index contributed by atoms with van der Waals surface area (Å²) < 4.78 is 5.72. The van der Waals surface area contributed by atoms with Gasteiger partial charge in [0.05, 0.1) is 31.2 Å². The summed E-state index contributed by atoms with van der Waals surface area (Å²) in [5, 5.41) is 8.48. The van der Waals surface area contributed by atoms with Crippen LogP contribution >= 0.6 is 0 Å². The minimum atomic E-state index is 0.0987. The minimum Gasteiger partial charge on any atom is -0.372 e. The molecular formula is C12H19N3O2. The number of hydrogen-bond acceptors (Lipinski definition) is 4. The van der Waals surface area contributed by atoms with Gasteiger partial charge in [0.25, 0.3) is 0 Å². The van der Waals surface area contributed by atoms with Crippen LogP contribution in [0.5, 0.6) is 0 Å². The van der Waals surface area contributed by atoms with Gasteiger partial charge < -0.3 is 9.64 Å². The number of rotatable bonds is 4. The fraction of sp³-hybridized carbons (Fsp3) is 0.833. The van der Waals surface area contributed by atoms with Crippen molar-refractivity contribution in [3.8, 4) is 6.07 Å². The molecule has 5 heteroatoms. The number of likely N-dealkylation sites (N-methyl/N-ethyl adjacent to an activating group) is 1. The van der Waals surface area contributed by atoms with E-state index in [1.807, 2.05) is 0 Å². The molecule has 0 aliphatic carbocycles. The third-order valence-corrected chi connectivity index (χ3v) is 3.46. The first kappa shape index (κ1) is 12.3. The number of carbonyl (C=O) groups is 1. The smallest absolute Gasteiger partial charge is 0.236 e. The number of ether oxygens (including phenoxy) is 1. The van der Waals surface area contributed by atoms with Gasteiger partial charge in [-0.1, -0.05) is 0 Å². The van der Waals surface area contributed by atoms with E-state index >= 15 is 0 Å². The summed E-state index contributed by atoms with van der Waals surface area (Å²) in [5.74, 6) is 0.0987. The summed E-state index contributed by atoms with van der Waals surface area (Å²) in [6.07, 6.45) is 3.30. The predicted octanol–water partition coefficient (Wildman–Crippen LogP) is 0.222. The minimum absolute atomic E-state index is 0.0987. The fourth-order valence-electron chi connectivity index (χ4n) is 2.48. The number of hydrogen-bond donors (Lipinski definition) is 0. The number of fused-ring (bicyclic) bond motifs is 2. The third kappa shape index (κ3) is 3.18. The Balaban J connectivity index is 1.77. The summed E-state index contributed by atoms with van der Waals surface area (Å²) in [6, 6.07) is 2.05. The zero-order valence-electron chi connectivity index (χ0n) is 10.3. The van der Waals surface area contributed by atoms with E-state index in [0.717, 1.165) is 25.9 Å². The molecule has 0 N–H and O–H groups in total.